The van der Waals surface area contributed by atoms with E-state index in [2.05, 4.69) is 19.2 Å². The molecular formula is C23H53NO7P2Y2. The number of carbonyl (C=O) groups excluding carboxylic acids is 1. The number of carbonyl (C=O) groups is 1. The fourth-order valence-electron chi connectivity index (χ4n) is 1.55. The Morgan fingerprint density at radius 2 is 1.20 bits per heavy atom. The van der Waals surface area contributed by atoms with Crippen LogP contribution in [-0.2, 0) is 97.7 Å². The quantitative estimate of drug-likeness (QED) is 0.171. The molecule has 208 valence electrons. The Bertz CT molecular complexity index is 522. The Morgan fingerprint density at radius 1 is 0.743 bits per heavy atom. The molecule has 0 fully saturated rings. The van der Waals surface area contributed by atoms with Crippen LogP contribution in [0.25, 0.3) is 0 Å². The maximum Gasteiger partial charge on any atom is 0.319 e. The van der Waals surface area contributed by atoms with Crippen LogP contribution in [-0.4, -0.2) is 50.1 Å². The molecule has 0 heterocycles. The summed E-state index contributed by atoms with van der Waals surface area (Å²) in [6.07, 6.45) is 0.217. The van der Waals surface area contributed by atoms with Gasteiger partial charge in [-0.1, -0.05) is 55.4 Å². The van der Waals surface area contributed by atoms with E-state index in [1.54, 1.807) is 0 Å². The molecule has 2 atom stereocenters. The van der Waals surface area contributed by atoms with Gasteiger partial charge in [0.1, 0.15) is 0 Å². The van der Waals surface area contributed by atoms with E-state index in [0.717, 1.165) is 0 Å². The average Bonchev–Trinajstić information content (AvgIpc) is 2.67. The van der Waals surface area contributed by atoms with Crippen LogP contribution in [0.3, 0.4) is 0 Å². The van der Waals surface area contributed by atoms with E-state index in [1.165, 1.54) is 0 Å². The number of nitrogens with one attached hydrogen (secondary N) is 1. The number of amides is 1. The van der Waals surface area contributed by atoms with Crippen molar-refractivity contribution in [3.8, 4) is 0 Å². The largest absolute Gasteiger partial charge is 0.377 e. The van der Waals surface area contributed by atoms with E-state index in [0.29, 0.717) is 38.2 Å². The van der Waals surface area contributed by atoms with Crippen molar-refractivity contribution >= 4 is 22.2 Å². The standard InChI is InChI=1S/C9H19NO2.C7H17O3P.C7H17O2P.2Y/c1-7(2)9(11)10-5-6-12-8(3)4;1-6(2)5-9-11(8)10-7(3)4;1-6(2)5-9-10(8)7(3)4;;/h7-8H,5-6H2,1-4H3,(H,10,11);6-7,11H,5H2,1-4H3;6-7,10H,5H2,1-4H3;;. The van der Waals surface area contributed by atoms with E-state index in [9.17, 15) is 13.9 Å². The van der Waals surface area contributed by atoms with Gasteiger partial charge in [-0.25, -0.2) is 0 Å². The van der Waals surface area contributed by atoms with Crippen molar-refractivity contribution < 1.29 is 97.7 Å². The van der Waals surface area contributed by atoms with Gasteiger partial charge < -0.3 is 23.6 Å². The van der Waals surface area contributed by atoms with Gasteiger partial charge in [-0.2, -0.15) is 0 Å². The van der Waals surface area contributed by atoms with Gasteiger partial charge >= 0.3 is 8.25 Å². The molecule has 0 aliphatic rings. The van der Waals surface area contributed by atoms with Crippen molar-refractivity contribution in [1.82, 2.24) is 5.32 Å². The Labute approximate surface area is 267 Å². The molecule has 0 aliphatic carbocycles. The van der Waals surface area contributed by atoms with E-state index < -0.39 is 16.3 Å². The van der Waals surface area contributed by atoms with Crippen molar-refractivity contribution in [1.29, 1.82) is 0 Å². The molecule has 0 saturated heterocycles. The van der Waals surface area contributed by atoms with E-state index in [1.807, 2.05) is 69.2 Å². The Kier molecular flexibility index (Phi) is 40.8. The second-order valence-electron chi connectivity index (χ2n) is 9.67. The molecule has 0 saturated carbocycles. The van der Waals surface area contributed by atoms with Crippen molar-refractivity contribution in [2.75, 3.05) is 26.4 Å². The molecule has 12 heteroatoms. The number of hydrogen-bond acceptors (Lipinski definition) is 7. The summed E-state index contributed by atoms with van der Waals surface area (Å²) >= 11 is 0. The predicted molar refractivity (Wildman–Crippen MR) is 140 cm³/mol. The monoisotopic (exact) mass is 695 g/mol. The van der Waals surface area contributed by atoms with Crippen LogP contribution in [0.15, 0.2) is 0 Å². The first-order valence-electron chi connectivity index (χ1n) is 12.0. The molecule has 2 radical (unpaired) electrons. The van der Waals surface area contributed by atoms with Crippen LogP contribution in [0.1, 0.15) is 83.1 Å². The topological polar surface area (TPSA) is 100 Å². The molecule has 0 spiro atoms. The van der Waals surface area contributed by atoms with Crippen molar-refractivity contribution in [2.45, 2.75) is 101 Å². The number of rotatable bonds is 14. The molecule has 0 aromatic heterocycles. The zero-order valence-corrected chi connectivity index (χ0v) is 32.0. The number of hydrogen-bond donors (Lipinski definition) is 1. The maximum atomic E-state index is 11.0. The smallest absolute Gasteiger partial charge is 0.319 e. The molecule has 0 rings (SSSR count). The molecular weight excluding hydrogens is 642 g/mol. The fraction of sp³-hybridized carbons (Fsp3) is 0.957. The van der Waals surface area contributed by atoms with Crippen molar-refractivity contribution in [2.24, 2.45) is 17.8 Å². The first-order valence-corrected chi connectivity index (χ1v) is 14.6. The van der Waals surface area contributed by atoms with Crippen LogP contribution in [0.4, 0.5) is 0 Å². The molecule has 0 aromatic carbocycles. The van der Waals surface area contributed by atoms with Crippen LogP contribution in [0.2, 0.25) is 0 Å². The molecule has 0 aliphatic heterocycles. The van der Waals surface area contributed by atoms with Crippen LogP contribution < -0.4 is 5.32 Å². The number of ether oxygens (including phenoxy) is 1. The van der Waals surface area contributed by atoms with Gasteiger partial charge in [-0.05, 0) is 39.5 Å². The van der Waals surface area contributed by atoms with E-state index in [4.69, 9.17) is 18.3 Å². The summed E-state index contributed by atoms with van der Waals surface area (Å²) in [7, 11) is -3.99. The third-order valence-corrected chi connectivity index (χ3v) is 5.73. The third kappa shape index (κ3) is 43.3. The third-order valence-electron chi connectivity index (χ3n) is 3.27. The van der Waals surface area contributed by atoms with Gasteiger partial charge in [0, 0.05) is 83.5 Å². The Hall–Kier alpha value is 1.98. The zero-order chi connectivity index (χ0) is 26.6. The molecule has 8 nitrogen and oxygen atoms in total. The summed E-state index contributed by atoms with van der Waals surface area (Å²) in [6, 6.07) is 0. The molecule has 1 N–H and O–H groups in total. The summed E-state index contributed by atoms with van der Waals surface area (Å²) < 4.78 is 42.1. The first kappa shape index (κ1) is 46.8. The molecule has 0 aromatic rings. The molecule has 1 amide bonds. The Balaban J connectivity index is -0.000000125. The van der Waals surface area contributed by atoms with Crippen LogP contribution in [0.5, 0.6) is 0 Å². The minimum atomic E-state index is -2.23. The minimum absolute atomic E-state index is 0. The SMILES string of the molecule is CC(C)CO[PH](=O)C(C)C.CC(C)CO[PH](=O)OC(C)C.CC(C)OCCNC(=O)C(C)C.[Y].[Y]. The second-order valence-corrected chi connectivity index (χ2v) is 12.8. The predicted octanol–water partition coefficient (Wildman–Crippen LogP) is 6.19. The fourth-order valence-corrected chi connectivity index (χ4v) is 3.30. The van der Waals surface area contributed by atoms with Gasteiger partial charge in [0.05, 0.1) is 32.0 Å². The van der Waals surface area contributed by atoms with Gasteiger partial charge in [0.25, 0.3) is 0 Å². The summed E-state index contributed by atoms with van der Waals surface area (Å²) in [5, 5.41) is 2.77. The van der Waals surface area contributed by atoms with Gasteiger partial charge in [-0.15, -0.1) is 0 Å². The molecule has 2 unspecified atom stereocenters. The maximum absolute atomic E-state index is 11.0. The summed E-state index contributed by atoms with van der Waals surface area (Å²) in [5.74, 6) is 1.03. The minimum Gasteiger partial charge on any atom is -0.377 e. The summed E-state index contributed by atoms with van der Waals surface area (Å²) in [5.41, 5.74) is 0.184. The van der Waals surface area contributed by atoms with Crippen LogP contribution >= 0.6 is 16.3 Å². The molecule has 35 heavy (non-hydrogen) atoms. The summed E-state index contributed by atoms with van der Waals surface area (Å²) in [4.78, 5) is 11.0. The van der Waals surface area contributed by atoms with Gasteiger partial charge in [-0.3, -0.25) is 13.9 Å². The average molecular weight is 695 g/mol. The normalized spacial score (nSPS) is 12.4. The van der Waals surface area contributed by atoms with E-state index >= 15 is 0 Å². The second kappa shape index (κ2) is 30.5. The van der Waals surface area contributed by atoms with Gasteiger partial charge in [0.2, 0.25) is 5.91 Å². The van der Waals surface area contributed by atoms with E-state index in [-0.39, 0.29) is 95.1 Å². The van der Waals surface area contributed by atoms with Crippen molar-refractivity contribution in [3.05, 3.63) is 0 Å². The first-order chi connectivity index (χ1) is 15.1. The summed E-state index contributed by atoms with van der Waals surface area (Å²) in [6.45, 7) is 25.6. The molecule has 0 bridgehead atoms. The zero-order valence-electron chi connectivity index (χ0n) is 24.3. The van der Waals surface area contributed by atoms with Crippen LogP contribution in [0, 0.1) is 17.8 Å². The van der Waals surface area contributed by atoms with Gasteiger partial charge in [0.15, 0.2) is 8.03 Å². The Morgan fingerprint density at radius 3 is 1.54 bits per heavy atom. The van der Waals surface area contributed by atoms with Crippen molar-refractivity contribution in [3.63, 3.8) is 0 Å².